The molecular weight excluding hydrogens is 282 g/mol. The second-order valence-corrected chi connectivity index (χ2v) is 5.24. The standard InChI is InChI=1S/C16H17N3O3/c1-3-18-13(10-12-7-5-4-6-8-12)15(20)19(16(18)21)14-9-11(2)22-17-14/h4-9,13H,3,10H2,1-2H3/t13-/m1/s1. The minimum Gasteiger partial charge on any atom is -0.360 e. The van der Waals surface area contributed by atoms with Crippen molar-refractivity contribution in [2.45, 2.75) is 26.3 Å². The minimum absolute atomic E-state index is 0.251. The molecule has 1 fully saturated rings. The lowest BCUT2D eigenvalue weighted by Crippen LogP contribution is -2.36. The summed E-state index contributed by atoms with van der Waals surface area (Å²) < 4.78 is 4.98. The molecule has 1 aromatic heterocycles. The topological polar surface area (TPSA) is 66.7 Å². The molecule has 0 radical (unpaired) electrons. The summed E-state index contributed by atoms with van der Waals surface area (Å²) in [4.78, 5) is 27.9. The molecule has 6 heteroatoms. The van der Waals surface area contributed by atoms with E-state index in [0.717, 1.165) is 10.5 Å². The molecule has 2 heterocycles. The molecule has 0 spiro atoms. The van der Waals surface area contributed by atoms with E-state index in [1.807, 2.05) is 37.3 Å². The van der Waals surface area contributed by atoms with E-state index in [1.54, 1.807) is 17.9 Å². The monoisotopic (exact) mass is 299 g/mol. The predicted molar refractivity (Wildman–Crippen MR) is 80.4 cm³/mol. The van der Waals surface area contributed by atoms with Gasteiger partial charge in [-0.2, -0.15) is 0 Å². The van der Waals surface area contributed by atoms with Gasteiger partial charge in [-0.05, 0) is 19.4 Å². The van der Waals surface area contributed by atoms with E-state index < -0.39 is 6.04 Å². The van der Waals surface area contributed by atoms with Gasteiger partial charge in [0.15, 0.2) is 5.82 Å². The van der Waals surface area contributed by atoms with Gasteiger partial charge in [0.1, 0.15) is 11.8 Å². The molecule has 0 N–H and O–H groups in total. The molecule has 6 nitrogen and oxygen atoms in total. The van der Waals surface area contributed by atoms with Gasteiger partial charge < -0.3 is 9.42 Å². The van der Waals surface area contributed by atoms with E-state index in [1.165, 1.54) is 0 Å². The highest BCUT2D eigenvalue weighted by molar-refractivity contribution is 6.20. The first-order valence-electron chi connectivity index (χ1n) is 7.23. The van der Waals surface area contributed by atoms with Crippen LogP contribution in [0.5, 0.6) is 0 Å². The number of benzene rings is 1. The molecule has 0 unspecified atom stereocenters. The number of anilines is 1. The first-order chi connectivity index (χ1) is 10.6. The van der Waals surface area contributed by atoms with Gasteiger partial charge in [0.25, 0.3) is 5.91 Å². The van der Waals surface area contributed by atoms with E-state index in [2.05, 4.69) is 5.16 Å². The first-order valence-corrected chi connectivity index (χ1v) is 7.23. The Morgan fingerprint density at radius 2 is 1.95 bits per heavy atom. The van der Waals surface area contributed by atoms with E-state index in [4.69, 9.17) is 4.52 Å². The molecule has 3 rings (SSSR count). The summed E-state index contributed by atoms with van der Waals surface area (Å²) in [6.45, 7) is 4.05. The molecule has 114 valence electrons. The highest BCUT2D eigenvalue weighted by Gasteiger charge is 2.46. The Balaban J connectivity index is 1.90. The van der Waals surface area contributed by atoms with Gasteiger partial charge in [-0.25, -0.2) is 9.69 Å². The molecule has 1 aliphatic rings. The maximum atomic E-state index is 12.7. The molecule has 22 heavy (non-hydrogen) atoms. The number of aromatic nitrogens is 1. The van der Waals surface area contributed by atoms with E-state index in [9.17, 15) is 9.59 Å². The molecule has 2 aromatic rings. The van der Waals surface area contributed by atoms with Crippen LogP contribution in [0, 0.1) is 6.92 Å². The predicted octanol–water partition coefficient (Wildman–Crippen LogP) is 2.38. The van der Waals surface area contributed by atoms with E-state index in [-0.39, 0.29) is 17.8 Å². The Labute approximate surface area is 128 Å². The van der Waals surface area contributed by atoms with Crippen molar-refractivity contribution in [1.82, 2.24) is 10.1 Å². The van der Waals surface area contributed by atoms with Crippen LogP contribution in [0.4, 0.5) is 10.6 Å². The van der Waals surface area contributed by atoms with E-state index >= 15 is 0 Å². The zero-order valence-electron chi connectivity index (χ0n) is 12.5. The lowest BCUT2D eigenvalue weighted by atomic mass is 10.1. The molecule has 1 saturated heterocycles. The quantitative estimate of drug-likeness (QED) is 0.813. The number of urea groups is 1. The fourth-order valence-corrected chi connectivity index (χ4v) is 2.70. The summed E-state index contributed by atoms with van der Waals surface area (Å²) in [7, 11) is 0. The van der Waals surface area contributed by atoms with Gasteiger partial charge in [-0.15, -0.1) is 0 Å². The molecule has 3 amide bonds. The second-order valence-electron chi connectivity index (χ2n) is 5.24. The molecule has 1 atom stereocenters. The van der Waals surface area contributed by atoms with Crippen molar-refractivity contribution in [1.29, 1.82) is 0 Å². The third-order valence-electron chi connectivity index (χ3n) is 3.78. The van der Waals surface area contributed by atoms with Crippen molar-refractivity contribution in [2.24, 2.45) is 0 Å². The Kier molecular flexibility index (Phi) is 3.66. The van der Waals surface area contributed by atoms with Crippen molar-refractivity contribution >= 4 is 17.8 Å². The van der Waals surface area contributed by atoms with Gasteiger partial charge in [0, 0.05) is 19.0 Å². The van der Waals surface area contributed by atoms with Crippen LogP contribution in [0.15, 0.2) is 40.9 Å². The van der Waals surface area contributed by atoms with Gasteiger partial charge >= 0.3 is 6.03 Å². The maximum Gasteiger partial charge on any atom is 0.333 e. The van der Waals surface area contributed by atoms with Crippen LogP contribution in [-0.4, -0.2) is 34.6 Å². The number of carbonyl (C=O) groups excluding carboxylic acids is 2. The Morgan fingerprint density at radius 3 is 2.55 bits per heavy atom. The number of carbonyl (C=O) groups is 2. The Bertz CT molecular complexity index is 696. The fraction of sp³-hybridized carbons (Fsp3) is 0.312. The summed E-state index contributed by atoms with van der Waals surface area (Å²) in [6.07, 6.45) is 0.493. The van der Waals surface area contributed by atoms with Gasteiger partial charge in [0.2, 0.25) is 0 Å². The van der Waals surface area contributed by atoms with Crippen LogP contribution >= 0.6 is 0 Å². The molecule has 0 saturated carbocycles. The van der Waals surface area contributed by atoms with Gasteiger partial charge in [-0.3, -0.25) is 4.79 Å². The third kappa shape index (κ3) is 2.36. The van der Waals surface area contributed by atoms with Crippen LogP contribution in [0.1, 0.15) is 18.2 Å². The van der Waals surface area contributed by atoms with Crippen molar-refractivity contribution in [3.8, 4) is 0 Å². The number of hydrogen-bond donors (Lipinski definition) is 0. The number of nitrogens with zero attached hydrogens (tertiary/aromatic N) is 3. The van der Waals surface area contributed by atoms with Crippen molar-refractivity contribution in [3.05, 3.63) is 47.7 Å². The van der Waals surface area contributed by atoms with Crippen molar-refractivity contribution in [2.75, 3.05) is 11.4 Å². The number of aryl methyl sites for hydroxylation is 1. The normalized spacial score (nSPS) is 18.4. The SMILES string of the molecule is CCN1C(=O)N(c2cc(C)on2)C(=O)[C@H]1Cc1ccccc1. The molecule has 0 aliphatic carbocycles. The van der Waals surface area contributed by atoms with Crippen molar-refractivity contribution < 1.29 is 14.1 Å². The molecular formula is C16H17N3O3. The molecule has 1 aromatic carbocycles. The maximum absolute atomic E-state index is 12.7. The minimum atomic E-state index is -0.503. The number of rotatable bonds is 4. The lowest BCUT2D eigenvalue weighted by molar-refractivity contribution is -0.119. The number of hydrogen-bond acceptors (Lipinski definition) is 4. The van der Waals surface area contributed by atoms with E-state index in [0.29, 0.717) is 18.7 Å². The zero-order chi connectivity index (χ0) is 15.7. The fourth-order valence-electron chi connectivity index (χ4n) is 2.70. The Hall–Kier alpha value is -2.63. The van der Waals surface area contributed by atoms with Crippen LogP contribution in [0.2, 0.25) is 0 Å². The van der Waals surface area contributed by atoms with Crippen LogP contribution < -0.4 is 4.90 Å². The smallest absolute Gasteiger partial charge is 0.333 e. The largest absolute Gasteiger partial charge is 0.360 e. The number of amides is 3. The number of imide groups is 1. The summed E-state index contributed by atoms with van der Waals surface area (Å²) >= 11 is 0. The summed E-state index contributed by atoms with van der Waals surface area (Å²) in [5.74, 6) is 0.552. The Morgan fingerprint density at radius 1 is 1.23 bits per heavy atom. The molecule has 1 aliphatic heterocycles. The van der Waals surface area contributed by atoms with Crippen LogP contribution in [0.25, 0.3) is 0 Å². The first kappa shape index (κ1) is 14.3. The summed E-state index contributed by atoms with van der Waals surface area (Å²) in [5.41, 5.74) is 1.02. The highest BCUT2D eigenvalue weighted by atomic mass is 16.5. The highest BCUT2D eigenvalue weighted by Crippen LogP contribution is 2.26. The second kappa shape index (κ2) is 5.63. The van der Waals surface area contributed by atoms with Gasteiger partial charge in [-0.1, -0.05) is 35.5 Å². The third-order valence-corrected chi connectivity index (χ3v) is 3.78. The van der Waals surface area contributed by atoms with Crippen LogP contribution in [0.3, 0.4) is 0 Å². The lowest BCUT2D eigenvalue weighted by Gasteiger charge is -2.19. The number of likely N-dealkylation sites (N-methyl/N-ethyl adjacent to an activating group) is 1. The zero-order valence-corrected chi connectivity index (χ0v) is 12.5. The summed E-state index contributed by atoms with van der Waals surface area (Å²) in [5, 5.41) is 3.79. The van der Waals surface area contributed by atoms with Gasteiger partial charge in [0.05, 0.1) is 0 Å². The average Bonchev–Trinajstić information content (AvgIpc) is 3.03. The average molecular weight is 299 g/mol. The molecule has 0 bridgehead atoms. The van der Waals surface area contributed by atoms with Crippen molar-refractivity contribution in [3.63, 3.8) is 0 Å². The summed E-state index contributed by atoms with van der Waals surface area (Å²) in [6, 6.07) is 10.4. The van der Waals surface area contributed by atoms with Crippen LogP contribution in [-0.2, 0) is 11.2 Å².